The average Bonchev–Trinajstić information content (AvgIpc) is 2.99. The number of rotatable bonds is 8. The number of hydrogen-bond donors (Lipinski definition) is 1. The molecule has 0 saturated heterocycles. The van der Waals surface area contributed by atoms with Gasteiger partial charge in [0.25, 0.3) is 0 Å². The first-order chi connectivity index (χ1) is 9.79. The fourth-order valence-corrected chi connectivity index (χ4v) is 2.22. The van der Waals surface area contributed by atoms with Gasteiger partial charge in [0.1, 0.15) is 6.33 Å². The lowest BCUT2D eigenvalue weighted by Gasteiger charge is -2.15. The van der Waals surface area contributed by atoms with E-state index in [1.807, 2.05) is 12.1 Å². The highest BCUT2D eigenvalue weighted by Gasteiger charge is 2.03. The maximum absolute atomic E-state index is 3.87. The molecular weight excluding hydrogens is 250 g/mol. The minimum absolute atomic E-state index is 0.505. The number of benzene rings is 1. The second-order valence-corrected chi connectivity index (χ2v) is 5.20. The van der Waals surface area contributed by atoms with E-state index in [4.69, 9.17) is 0 Å². The van der Waals surface area contributed by atoms with Crippen LogP contribution in [0.15, 0.2) is 30.6 Å². The van der Waals surface area contributed by atoms with E-state index in [0.29, 0.717) is 6.04 Å². The SMILES string of the molecule is CCCCCCC(C)Nc1ccc(-n2cnnn2)cc1. The molecule has 5 heteroatoms. The molecule has 1 heterocycles. The van der Waals surface area contributed by atoms with Crippen molar-refractivity contribution in [1.82, 2.24) is 20.2 Å². The number of hydrogen-bond acceptors (Lipinski definition) is 4. The summed E-state index contributed by atoms with van der Waals surface area (Å²) in [4.78, 5) is 0. The summed E-state index contributed by atoms with van der Waals surface area (Å²) in [5.41, 5.74) is 2.11. The number of unbranched alkanes of at least 4 members (excludes halogenated alkanes) is 3. The maximum Gasteiger partial charge on any atom is 0.143 e. The molecular formula is C15H23N5. The Morgan fingerprint density at radius 1 is 1.15 bits per heavy atom. The van der Waals surface area contributed by atoms with Gasteiger partial charge >= 0.3 is 0 Å². The maximum atomic E-state index is 3.87. The van der Waals surface area contributed by atoms with E-state index in [-0.39, 0.29) is 0 Å². The van der Waals surface area contributed by atoms with Crippen molar-refractivity contribution in [3.05, 3.63) is 30.6 Å². The summed E-state index contributed by atoms with van der Waals surface area (Å²) >= 11 is 0. The van der Waals surface area contributed by atoms with Crippen molar-refractivity contribution in [3.63, 3.8) is 0 Å². The molecule has 1 aromatic heterocycles. The Bertz CT molecular complexity index is 477. The normalized spacial score (nSPS) is 12.3. The first kappa shape index (κ1) is 14.5. The van der Waals surface area contributed by atoms with Crippen molar-refractivity contribution in [1.29, 1.82) is 0 Å². The Morgan fingerprint density at radius 3 is 2.60 bits per heavy atom. The van der Waals surface area contributed by atoms with E-state index >= 15 is 0 Å². The molecule has 20 heavy (non-hydrogen) atoms. The van der Waals surface area contributed by atoms with Gasteiger partial charge in [-0.1, -0.05) is 32.6 Å². The molecule has 0 aliphatic heterocycles. The van der Waals surface area contributed by atoms with E-state index in [1.165, 1.54) is 32.1 Å². The van der Waals surface area contributed by atoms with Crippen molar-refractivity contribution in [2.45, 2.75) is 52.0 Å². The van der Waals surface area contributed by atoms with Gasteiger partial charge in [0.05, 0.1) is 5.69 Å². The third-order valence-electron chi connectivity index (χ3n) is 3.38. The number of nitrogens with zero attached hydrogens (tertiary/aromatic N) is 4. The van der Waals surface area contributed by atoms with Gasteiger partial charge in [0.15, 0.2) is 0 Å². The summed E-state index contributed by atoms with van der Waals surface area (Å²) < 4.78 is 1.65. The average molecular weight is 273 g/mol. The van der Waals surface area contributed by atoms with Crippen molar-refractivity contribution in [2.75, 3.05) is 5.32 Å². The van der Waals surface area contributed by atoms with Crippen LogP contribution in [0.5, 0.6) is 0 Å². The Balaban J connectivity index is 1.81. The Morgan fingerprint density at radius 2 is 1.95 bits per heavy atom. The second kappa shape index (κ2) is 7.62. The molecule has 0 aliphatic rings. The smallest absolute Gasteiger partial charge is 0.143 e. The molecule has 1 atom stereocenters. The van der Waals surface area contributed by atoms with E-state index in [1.54, 1.807) is 11.0 Å². The van der Waals surface area contributed by atoms with Gasteiger partial charge < -0.3 is 5.32 Å². The fourth-order valence-electron chi connectivity index (χ4n) is 2.22. The van der Waals surface area contributed by atoms with E-state index < -0.39 is 0 Å². The van der Waals surface area contributed by atoms with E-state index in [9.17, 15) is 0 Å². The molecule has 2 aromatic rings. The third-order valence-corrected chi connectivity index (χ3v) is 3.38. The molecule has 2 rings (SSSR count). The highest BCUT2D eigenvalue weighted by molar-refractivity contribution is 5.48. The molecule has 5 nitrogen and oxygen atoms in total. The van der Waals surface area contributed by atoms with Crippen LogP contribution in [0.4, 0.5) is 5.69 Å². The molecule has 0 amide bonds. The summed E-state index contributed by atoms with van der Waals surface area (Å²) in [5, 5.41) is 14.7. The zero-order valence-corrected chi connectivity index (χ0v) is 12.3. The molecule has 0 bridgehead atoms. The summed E-state index contributed by atoms with van der Waals surface area (Å²) in [6.07, 6.45) is 8.08. The quantitative estimate of drug-likeness (QED) is 0.749. The topological polar surface area (TPSA) is 55.6 Å². The van der Waals surface area contributed by atoms with Crippen molar-refractivity contribution >= 4 is 5.69 Å². The van der Waals surface area contributed by atoms with Gasteiger partial charge in [0, 0.05) is 11.7 Å². The number of tetrazole rings is 1. The lowest BCUT2D eigenvalue weighted by molar-refractivity contribution is 0.594. The molecule has 0 spiro atoms. The minimum atomic E-state index is 0.505. The summed E-state index contributed by atoms with van der Waals surface area (Å²) in [7, 11) is 0. The first-order valence-electron chi connectivity index (χ1n) is 7.39. The molecule has 0 fully saturated rings. The fraction of sp³-hybridized carbons (Fsp3) is 0.533. The van der Waals surface area contributed by atoms with Gasteiger partial charge in [-0.15, -0.1) is 5.10 Å². The zero-order chi connectivity index (χ0) is 14.2. The van der Waals surface area contributed by atoms with Gasteiger partial charge in [0.2, 0.25) is 0 Å². The largest absolute Gasteiger partial charge is 0.383 e. The van der Waals surface area contributed by atoms with Crippen LogP contribution in [0.25, 0.3) is 5.69 Å². The van der Waals surface area contributed by atoms with Crippen LogP contribution < -0.4 is 5.32 Å². The van der Waals surface area contributed by atoms with E-state index in [0.717, 1.165) is 11.4 Å². The molecule has 0 saturated carbocycles. The molecule has 0 aliphatic carbocycles. The van der Waals surface area contributed by atoms with Crippen LogP contribution in [-0.4, -0.2) is 26.2 Å². The number of nitrogens with one attached hydrogen (secondary N) is 1. The predicted octanol–water partition coefficient (Wildman–Crippen LogP) is 3.43. The standard InChI is InChI=1S/C15H23N5/c1-3-4-5-6-7-13(2)17-14-8-10-15(11-9-14)20-12-16-18-19-20/h8-13,17H,3-7H2,1-2H3. The minimum Gasteiger partial charge on any atom is -0.383 e. The first-order valence-corrected chi connectivity index (χ1v) is 7.39. The van der Waals surface area contributed by atoms with Gasteiger partial charge in [-0.25, -0.2) is 4.68 Å². The van der Waals surface area contributed by atoms with Crippen LogP contribution in [-0.2, 0) is 0 Å². The zero-order valence-electron chi connectivity index (χ0n) is 12.3. The van der Waals surface area contributed by atoms with Gasteiger partial charge in [-0.2, -0.15) is 0 Å². The van der Waals surface area contributed by atoms with Crippen LogP contribution >= 0.6 is 0 Å². The van der Waals surface area contributed by atoms with Crippen LogP contribution in [0.1, 0.15) is 46.0 Å². The highest BCUT2D eigenvalue weighted by Crippen LogP contribution is 2.15. The summed E-state index contributed by atoms with van der Waals surface area (Å²) in [6.45, 7) is 4.48. The van der Waals surface area contributed by atoms with Crippen molar-refractivity contribution in [2.24, 2.45) is 0 Å². The Hall–Kier alpha value is -1.91. The molecule has 1 unspecified atom stereocenters. The highest BCUT2D eigenvalue weighted by atomic mass is 15.5. The van der Waals surface area contributed by atoms with E-state index in [2.05, 4.69) is 46.8 Å². The van der Waals surface area contributed by atoms with Crippen LogP contribution in [0, 0.1) is 0 Å². The molecule has 0 radical (unpaired) electrons. The Kier molecular flexibility index (Phi) is 5.53. The molecule has 1 N–H and O–H groups in total. The lowest BCUT2D eigenvalue weighted by atomic mass is 10.1. The molecule has 108 valence electrons. The number of aromatic nitrogens is 4. The van der Waals surface area contributed by atoms with Gasteiger partial charge in [-0.3, -0.25) is 0 Å². The van der Waals surface area contributed by atoms with Crippen LogP contribution in [0.2, 0.25) is 0 Å². The van der Waals surface area contributed by atoms with Gasteiger partial charge in [-0.05, 0) is 48.0 Å². The van der Waals surface area contributed by atoms with Crippen LogP contribution in [0.3, 0.4) is 0 Å². The monoisotopic (exact) mass is 273 g/mol. The summed E-state index contributed by atoms with van der Waals surface area (Å²) in [6, 6.07) is 8.68. The Labute approximate surface area is 120 Å². The third kappa shape index (κ3) is 4.33. The number of anilines is 1. The van der Waals surface area contributed by atoms with Crippen molar-refractivity contribution < 1.29 is 0 Å². The lowest BCUT2D eigenvalue weighted by Crippen LogP contribution is -2.14. The predicted molar refractivity (Wildman–Crippen MR) is 81.0 cm³/mol. The second-order valence-electron chi connectivity index (χ2n) is 5.20. The van der Waals surface area contributed by atoms with Crippen molar-refractivity contribution in [3.8, 4) is 5.69 Å². The molecule has 1 aromatic carbocycles. The summed E-state index contributed by atoms with van der Waals surface area (Å²) in [5.74, 6) is 0.